The summed E-state index contributed by atoms with van der Waals surface area (Å²) in [5.41, 5.74) is 1.07. The number of aromatic nitrogens is 3. The lowest BCUT2D eigenvalue weighted by atomic mass is 10.0. The van der Waals surface area contributed by atoms with E-state index in [-0.39, 0.29) is 23.3 Å². The summed E-state index contributed by atoms with van der Waals surface area (Å²) in [7, 11) is 0. The van der Waals surface area contributed by atoms with Crippen LogP contribution in [-0.4, -0.2) is 38.2 Å². The number of para-hydroxylation sites is 2. The smallest absolute Gasteiger partial charge is 0.408 e. The predicted octanol–water partition coefficient (Wildman–Crippen LogP) is 2.73. The second kappa shape index (κ2) is 7.54. The minimum absolute atomic E-state index is 0.0305. The fourth-order valence-corrected chi connectivity index (χ4v) is 4.42. The number of carbonyl (C=O) groups is 1. The van der Waals surface area contributed by atoms with Gasteiger partial charge in [0.15, 0.2) is 5.58 Å². The number of nitrogens with zero attached hydrogens (tertiary/aromatic N) is 4. The molecule has 0 aliphatic carbocycles. The SMILES string of the molecule is C[C@H](C(=O)N1CCC(n2c(=O)oc3ccccc32)CC1)n1ncc2ccccc2c1=O. The molecule has 0 unspecified atom stereocenters. The Morgan fingerprint density at radius 2 is 1.77 bits per heavy atom. The Morgan fingerprint density at radius 1 is 1.06 bits per heavy atom. The van der Waals surface area contributed by atoms with Gasteiger partial charge in [-0.2, -0.15) is 5.10 Å². The Labute approximate surface area is 177 Å². The van der Waals surface area contributed by atoms with E-state index >= 15 is 0 Å². The summed E-state index contributed by atoms with van der Waals surface area (Å²) in [5.74, 6) is -0.515. The zero-order valence-corrected chi connectivity index (χ0v) is 17.1. The number of likely N-dealkylation sites (tertiary alicyclic amines) is 1. The quantitative estimate of drug-likeness (QED) is 0.510. The minimum atomic E-state index is -0.703. The fourth-order valence-electron chi connectivity index (χ4n) is 4.42. The molecule has 0 saturated carbocycles. The number of rotatable bonds is 3. The normalized spacial score (nSPS) is 16.1. The molecule has 1 saturated heterocycles. The molecular formula is C23H22N4O4. The van der Waals surface area contributed by atoms with E-state index in [1.54, 1.807) is 40.8 Å². The lowest BCUT2D eigenvalue weighted by Crippen LogP contribution is -2.44. The van der Waals surface area contributed by atoms with Crippen molar-refractivity contribution in [2.45, 2.75) is 31.8 Å². The Bertz CT molecular complexity index is 1390. The number of carbonyl (C=O) groups excluding carboxylic acids is 1. The molecule has 0 bridgehead atoms. The molecule has 0 spiro atoms. The van der Waals surface area contributed by atoms with Crippen molar-refractivity contribution in [3.8, 4) is 0 Å². The third kappa shape index (κ3) is 3.24. The molecule has 31 heavy (non-hydrogen) atoms. The average Bonchev–Trinajstić information content (AvgIpc) is 3.14. The number of oxazole rings is 1. The standard InChI is InChI=1S/C23H22N4O4/c1-15(27-22(29)18-7-3-2-6-16(18)14-24-27)21(28)25-12-10-17(11-13-25)26-19-8-4-5-9-20(19)31-23(26)30/h2-9,14-15,17H,10-13H2,1H3/t15-/m1/s1. The first-order valence-corrected chi connectivity index (χ1v) is 10.4. The Balaban J connectivity index is 1.34. The first-order chi connectivity index (χ1) is 15.0. The van der Waals surface area contributed by atoms with Crippen molar-refractivity contribution >= 4 is 27.8 Å². The third-order valence-corrected chi connectivity index (χ3v) is 6.10. The molecule has 1 atom stereocenters. The molecule has 2 aromatic carbocycles. The van der Waals surface area contributed by atoms with Gasteiger partial charge in [0.25, 0.3) is 5.56 Å². The monoisotopic (exact) mass is 418 g/mol. The number of hydrogen-bond donors (Lipinski definition) is 0. The molecule has 2 aromatic heterocycles. The highest BCUT2D eigenvalue weighted by molar-refractivity contribution is 5.82. The lowest BCUT2D eigenvalue weighted by Gasteiger charge is -2.33. The molecule has 4 aromatic rings. The number of fused-ring (bicyclic) bond motifs is 2. The molecule has 8 heteroatoms. The van der Waals surface area contributed by atoms with Crippen molar-refractivity contribution in [2.75, 3.05) is 13.1 Å². The zero-order valence-electron chi connectivity index (χ0n) is 17.1. The van der Waals surface area contributed by atoms with Crippen LogP contribution in [0.1, 0.15) is 31.8 Å². The highest BCUT2D eigenvalue weighted by Crippen LogP contribution is 2.26. The van der Waals surface area contributed by atoms with Crippen LogP contribution in [0.25, 0.3) is 21.9 Å². The first-order valence-electron chi connectivity index (χ1n) is 10.4. The van der Waals surface area contributed by atoms with Gasteiger partial charge < -0.3 is 9.32 Å². The van der Waals surface area contributed by atoms with Gasteiger partial charge in [0.1, 0.15) is 6.04 Å². The molecular weight excluding hydrogens is 396 g/mol. The summed E-state index contributed by atoms with van der Waals surface area (Å²) < 4.78 is 8.30. The maximum atomic E-state index is 13.1. The molecule has 8 nitrogen and oxygen atoms in total. The summed E-state index contributed by atoms with van der Waals surface area (Å²) in [6.07, 6.45) is 2.90. The topological polar surface area (TPSA) is 90.3 Å². The highest BCUT2D eigenvalue weighted by atomic mass is 16.4. The second-order valence-electron chi connectivity index (χ2n) is 7.92. The maximum absolute atomic E-state index is 13.1. The Morgan fingerprint density at radius 3 is 2.58 bits per heavy atom. The van der Waals surface area contributed by atoms with Gasteiger partial charge >= 0.3 is 5.76 Å². The van der Waals surface area contributed by atoms with Gasteiger partial charge in [-0.15, -0.1) is 0 Å². The summed E-state index contributed by atoms with van der Waals surface area (Å²) in [4.78, 5) is 40.0. The van der Waals surface area contributed by atoms with Crippen LogP contribution in [0.15, 0.2) is 68.7 Å². The first kappa shape index (κ1) is 19.3. The van der Waals surface area contributed by atoms with Gasteiger partial charge in [-0.3, -0.25) is 14.2 Å². The zero-order chi connectivity index (χ0) is 21.5. The van der Waals surface area contributed by atoms with Crippen LogP contribution in [0.3, 0.4) is 0 Å². The summed E-state index contributed by atoms with van der Waals surface area (Å²) >= 11 is 0. The average molecular weight is 418 g/mol. The number of piperidine rings is 1. The molecule has 1 aliphatic heterocycles. The van der Waals surface area contributed by atoms with Gasteiger partial charge in [-0.25, -0.2) is 9.48 Å². The van der Waals surface area contributed by atoms with Crippen molar-refractivity contribution < 1.29 is 9.21 Å². The van der Waals surface area contributed by atoms with Crippen LogP contribution in [0.5, 0.6) is 0 Å². The van der Waals surface area contributed by atoms with E-state index in [4.69, 9.17) is 4.42 Å². The van der Waals surface area contributed by atoms with Crippen LogP contribution < -0.4 is 11.3 Å². The van der Waals surface area contributed by atoms with Crippen LogP contribution in [-0.2, 0) is 4.79 Å². The van der Waals surface area contributed by atoms with Crippen LogP contribution >= 0.6 is 0 Å². The van der Waals surface area contributed by atoms with Gasteiger partial charge in [0.2, 0.25) is 5.91 Å². The summed E-state index contributed by atoms with van der Waals surface area (Å²) in [5, 5.41) is 5.52. The van der Waals surface area contributed by atoms with E-state index in [0.717, 1.165) is 10.9 Å². The van der Waals surface area contributed by atoms with Crippen LogP contribution in [0.2, 0.25) is 0 Å². The molecule has 158 valence electrons. The predicted molar refractivity (Wildman–Crippen MR) is 116 cm³/mol. The van der Waals surface area contributed by atoms with Crippen molar-refractivity contribution in [3.63, 3.8) is 0 Å². The van der Waals surface area contributed by atoms with Crippen molar-refractivity contribution in [1.82, 2.24) is 19.2 Å². The van der Waals surface area contributed by atoms with Crippen molar-refractivity contribution in [1.29, 1.82) is 0 Å². The number of hydrogen-bond acceptors (Lipinski definition) is 5. The lowest BCUT2D eigenvalue weighted by molar-refractivity contribution is -0.136. The van der Waals surface area contributed by atoms with Crippen LogP contribution in [0.4, 0.5) is 0 Å². The summed E-state index contributed by atoms with van der Waals surface area (Å²) in [6.45, 7) is 2.70. The van der Waals surface area contributed by atoms with Crippen LogP contribution in [0, 0.1) is 0 Å². The molecule has 0 N–H and O–H groups in total. The van der Waals surface area contributed by atoms with E-state index in [1.165, 1.54) is 4.68 Å². The van der Waals surface area contributed by atoms with E-state index in [1.807, 2.05) is 30.3 Å². The maximum Gasteiger partial charge on any atom is 0.420 e. The van der Waals surface area contributed by atoms with Gasteiger partial charge in [-0.1, -0.05) is 30.3 Å². The largest absolute Gasteiger partial charge is 0.420 e. The van der Waals surface area contributed by atoms with Gasteiger partial charge in [-0.05, 0) is 38.0 Å². The van der Waals surface area contributed by atoms with E-state index < -0.39 is 6.04 Å². The van der Waals surface area contributed by atoms with E-state index in [9.17, 15) is 14.4 Å². The Kier molecular flexibility index (Phi) is 4.69. The van der Waals surface area contributed by atoms with Gasteiger partial charge in [0, 0.05) is 24.5 Å². The minimum Gasteiger partial charge on any atom is -0.408 e. The molecule has 1 fully saturated rings. The summed E-state index contributed by atoms with van der Waals surface area (Å²) in [6, 6.07) is 13.8. The number of amides is 1. The molecule has 1 amide bonds. The van der Waals surface area contributed by atoms with Crippen molar-refractivity contribution in [2.24, 2.45) is 0 Å². The molecule has 5 rings (SSSR count). The van der Waals surface area contributed by atoms with E-state index in [2.05, 4.69) is 5.10 Å². The van der Waals surface area contributed by atoms with E-state index in [0.29, 0.717) is 36.9 Å². The highest BCUT2D eigenvalue weighted by Gasteiger charge is 2.30. The second-order valence-corrected chi connectivity index (χ2v) is 7.92. The van der Waals surface area contributed by atoms with Gasteiger partial charge in [0.05, 0.1) is 17.1 Å². The fraction of sp³-hybridized carbons (Fsp3) is 0.304. The molecule has 0 radical (unpaired) electrons. The third-order valence-electron chi connectivity index (χ3n) is 6.10. The number of benzene rings is 2. The van der Waals surface area contributed by atoms with Crippen molar-refractivity contribution in [3.05, 3.63) is 75.6 Å². The Hall–Kier alpha value is -3.68. The molecule has 3 heterocycles. The molecule has 1 aliphatic rings.